The highest BCUT2D eigenvalue weighted by molar-refractivity contribution is 7.91. The SMILES string of the molecule is O=C([C@@H]1COc2ccccc2O1)N(Cc1ccccc1Cl)[C@@H]1CCS(=O)(=O)C1. The molecule has 4 rings (SSSR count). The molecule has 1 fully saturated rings. The Morgan fingerprint density at radius 1 is 1.11 bits per heavy atom. The summed E-state index contributed by atoms with van der Waals surface area (Å²) >= 11 is 6.28. The summed E-state index contributed by atoms with van der Waals surface area (Å²) in [5, 5.41) is 0.535. The Hall–Kier alpha value is -2.25. The van der Waals surface area contributed by atoms with Crippen molar-refractivity contribution in [1.29, 1.82) is 0 Å². The molecule has 6 nitrogen and oxygen atoms in total. The van der Waals surface area contributed by atoms with Gasteiger partial charge in [0, 0.05) is 17.6 Å². The van der Waals surface area contributed by atoms with Gasteiger partial charge in [0.1, 0.15) is 6.61 Å². The molecule has 0 unspecified atom stereocenters. The van der Waals surface area contributed by atoms with Gasteiger partial charge in [0.2, 0.25) is 6.10 Å². The van der Waals surface area contributed by atoms with Crippen LogP contribution in [-0.2, 0) is 21.2 Å². The van der Waals surface area contributed by atoms with Gasteiger partial charge in [0.25, 0.3) is 5.91 Å². The Bertz CT molecular complexity index is 994. The van der Waals surface area contributed by atoms with Crippen molar-refractivity contribution in [3.8, 4) is 11.5 Å². The number of benzene rings is 2. The Morgan fingerprint density at radius 3 is 2.54 bits per heavy atom. The summed E-state index contributed by atoms with van der Waals surface area (Å²) in [7, 11) is -3.15. The molecule has 2 aromatic carbocycles. The fraction of sp³-hybridized carbons (Fsp3) is 0.350. The number of halogens is 1. The molecule has 2 atom stereocenters. The molecule has 0 aliphatic carbocycles. The number of fused-ring (bicyclic) bond motifs is 1. The van der Waals surface area contributed by atoms with Gasteiger partial charge in [-0.05, 0) is 30.2 Å². The van der Waals surface area contributed by atoms with Crippen LogP contribution in [0.4, 0.5) is 0 Å². The number of amides is 1. The van der Waals surface area contributed by atoms with Crippen LogP contribution in [0.3, 0.4) is 0 Å². The predicted molar refractivity (Wildman–Crippen MR) is 105 cm³/mol. The smallest absolute Gasteiger partial charge is 0.267 e. The molecule has 0 saturated carbocycles. The first kappa shape index (κ1) is 19.1. The lowest BCUT2D eigenvalue weighted by atomic mass is 10.1. The number of carbonyl (C=O) groups excluding carboxylic acids is 1. The lowest BCUT2D eigenvalue weighted by Crippen LogP contribution is -2.50. The number of hydrogen-bond acceptors (Lipinski definition) is 5. The van der Waals surface area contributed by atoms with Crippen LogP contribution in [0, 0.1) is 0 Å². The second-order valence-corrected chi connectivity index (χ2v) is 9.61. The Kier molecular flexibility index (Phi) is 5.21. The molecule has 0 bridgehead atoms. The fourth-order valence-corrected chi connectivity index (χ4v) is 5.47. The van der Waals surface area contributed by atoms with E-state index in [1.807, 2.05) is 24.3 Å². The highest BCUT2D eigenvalue weighted by Crippen LogP contribution is 2.32. The molecule has 28 heavy (non-hydrogen) atoms. The third-order valence-electron chi connectivity index (χ3n) is 5.01. The van der Waals surface area contributed by atoms with Crippen molar-refractivity contribution in [1.82, 2.24) is 4.90 Å². The summed E-state index contributed by atoms with van der Waals surface area (Å²) in [6, 6.07) is 14.0. The van der Waals surface area contributed by atoms with Gasteiger partial charge < -0.3 is 14.4 Å². The molecule has 0 aromatic heterocycles. The molecule has 8 heteroatoms. The van der Waals surface area contributed by atoms with Crippen LogP contribution in [0.2, 0.25) is 5.02 Å². The molecule has 0 spiro atoms. The zero-order valence-electron chi connectivity index (χ0n) is 15.1. The average Bonchev–Trinajstić information content (AvgIpc) is 3.06. The van der Waals surface area contributed by atoms with E-state index in [4.69, 9.17) is 21.1 Å². The zero-order chi connectivity index (χ0) is 19.7. The van der Waals surface area contributed by atoms with Gasteiger partial charge in [-0.1, -0.05) is 41.9 Å². The van der Waals surface area contributed by atoms with Gasteiger partial charge in [0.05, 0.1) is 11.5 Å². The molecule has 2 aliphatic rings. The van der Waals surface area contributed by atoms with Crippen LogP contribution in [0.5, 0.6) is 11.5 Å². The number of para-hydroxylation sites is 2. The standard InChI is InChI=1S/C20H20ClNO5S/c21-16-6-2-1-5-14(16)11-22(15-9-10-28(24,25)13-15)20(23)19-12-26-17-7-3-4-8-18(17)27-19/h1-8,15,19H,9-13H2/t15-,19+/m1/s1. The maximum Gasteiger partial charge on any atom is 0.267 e. The lowest BCUT2D eigenvalue weighted by Gasteiger charge is -2.34. The van der Waals surface area contributed by atoms with Gasteiger partial charge in [-0.15, -0.1) is 0 Å². The molecular formula is C20H20ClNO5S. The van der Waals surface area contributed by atoms with E-state index in [2.05, 4.69) is 0 Å². The number of carbonyl (C=O) groups is 1. The number of rotatable bonds is 4. The third kappa shape index (κ3) is 3.95. The van der Waals surface area contributed by atoms with Crippen LogP contribution in [0.25, 0.3) is 0 Å². The molecule has 2 aliphatic heterocycles. The summed E-state index contributed by atoms with van der Waals surface area (Å²) in [4.78, 5) is 14.9. The molecule has 1 saturated heterocycles. The minimum Gasteiger partial charge on any atom is -0.485 e. The van der Waals surface area contributed by atoms with Crippen molar-refractivity contribution in [3.63, 3.8) is 0 Å². The maximum atomic E-state index is 13.3. The Balaban J connectivity index is 1.60. The van der Waals surface area contributed by atoms with E-state index in [9.17, 15) is 13.2 Å². The maximum absolute atomic E-state index is 13.3. The molecule has 0 radical (unpaired) electrons. The van der Waals surface area contributed by atoms with Gasteiger partial charge >= 0.3 is 0 Å². The largest absolute Gasteiger partial charge is 0.485 e. The van der Waals surface area contributed by atoms with Crippen molar-refractivity contribution in [2.45, 2.75) is 25.1 Å². The van der Waals surface area contributed by atoms with E-state index in [1.165, 1.54) is 0 Å². The van der Waals surface area contributed by atoms with E-state index in [0.29, 0.717) is 22.9 Å². The van der Waals surface area contributed by atoms with Crippen molar-refractivity contribution in [2.24, 2.45) is 0 Å². The van der Waals surface area contributed by atoms with Crippen LogP contribution in [0.1, 0.15) is 12.0 Å². The molecule has 0 N–H and O–H groups in total. The van der Waals surface area contributed by atoms with Crippen LogP contribution < -0.4 is 9.47 Å². The Morgan fingerprint density at radius 2 is 1.82 bits per heavy atom. The van der Waals surface area contributed by atoms with E-state index in [0.717, 1.165) is 5.56 Å². The van der Waals surface area contributed by atoms with Gasteiger partial charge in [-0.2, -0.15) is 0 Å². The van der Waals surface area contributed by atoms with Gasteiger partial charge in [-0.25, -0.2) is 8.42 Å². The fourth-order valence-electron chi connectivity index (χ4n) is 3.54. The van der Waals surface area contributed by atoms with E-state index in [1.54, 1.807) is 29.2 Å². The van der Waals surface area contributed by atoms with Crippen molar-refractivity contribution in [3.05, 3.63) is 59.1 Å². The minimum atomic E-state index is -3.15. The molecule has 2 aromatic rings. The van der Waals surface area contributed by atoms with Crippen LogP contribution in [-0.4, -0.2) is 49.5 Å². The van der Waals surface area contributed by atoms with E-state index in [-0.39, 0.29) is 30.6 Å². The lowest BCUT2D eigenvalue weighted by molar-refractivity contribution is -0.143. The second kappa shape index (κ2) is 7.64. The molecule has 1 amide bonds. The summed E-state index contributed by atoms with van der Waals surface area (Å²) < 4.78 is 35.5. The molecular weight excluding hydrogens is 402 g/mol. The first-order valence-electron chi connectivity index (χ1n) is 9.06. The normalized spacial score (nSPS) is 22.6. The zero-order valence-corrected chi connectivity index (χ0v) is 16.7. The number of hydrogen-bond donors (Lipinski definition) is 0. The molecule has 2 heterocycles. The van der Waals surface area contributed by atoms with E-state index >= 15 is 0 Å². The number of ether oxygens (including phenoxy) is 2. The highest BCUT2D eigenvalue weighted by atomic mass is 35.5. The number of nitrogens with zero attached hydrogens (tertiary/aromatic N) is 1. The van der Waals surface area contributed by atoms with Crippen LogP contribution in [0.15, 0.2) is 48.5 Å². The summed E-state index contributed by atoms with van der Waals surface area (Å²) in [5.74, 6) is 0.829. The second-order valence-electron chi connectivity index (χ2n) is 6.98. The Labute approximate surface area is 168 Å². The minimum absolute atomic E-state index is 0.0483. The predicted octanol–water partition coefficient (Wildman–Crippen LogP) is 2.70. The quantitative estimate of drug-likeness (QED) is 0.758. The van der Waals surface area contributed by atoms with Crippen molar-refractivity contribution in [2.75, 3.05) is 18.1 Å². The van der Waals surface area contributed by atoms with E-state index < -0.39 is 22.0 Å². The monoisotopic (exact) mass is 421 g/mol. The summed E-state index contributed by atoms with van der Waals surface area (Å²) in [6.07, 6.45) is -0.427. The van der Waals surface area contributed by atoms with Gasteiger partial charge in [0.15, 0.2) is 21.3 Å². The topological polar surface area (TPSA) is 72.9 Å². The first-order valence-corrected chi connectivity index (χ1v) is 11.3. The van der Waals surface area contributed by atoms with Crippen molar-refractivity contribution < 1.29 is 22.7 Å². The van der Waals surface area contributed by atoms with Crippen molar-refractivity contribution >= 4 is 27.3 Å². The highest BCUT2D eigenvalue weighted by Gasteiger charge is 2.39. The first-order chi connectivity index (χ1) is 13.4. The third-order valence-corrected chi connectivity index (χ3v) is 7.13. The summed E-state index contributed by atoms with van der Waals surface area (Å²) in [6.45, 7) is 0.300. The van der Waals surface area contributed by atoms with Crippen LogP contribution >= 0.6 is 11.6 Å². The number of sulfone groups is 1. The molecule has 148 valence electrons. The average molecular weight is 422 g/mol. The van der Waals surface area contributed by atoms with Gasteiger partial charge in [-0.3, -0.25) is 4.79 Å². The summed E-state index contributed by atoms with van der Waals surface area (Å²) in [5.41, 5.74) is 0.763.